The molecule has 3 rings (SSSR count). The number of hydrogen-bond donors (Lipinski definition) is 3. The Labute approximate surface area is 226 Å². The maximum atomic E-state index is 15.1. The molecule has 2 aromatic carbocycles. The maximum absolute atomic E-state index is 15.1. The van der Waals surface area contributed by atoms with Crippen LogP contribution in [-0.4, -0.2) is 45.1 Å². The van der Waals surface area contributed by atoms with Gasteiger partial charge in [-0.3, -0.25) is 19.1 Å². The molecule has 8 nitrogen and oxygen atoms in total. The molecular formula is C29H34F2N4O4. The zero-order valence-electron chi connectivity index (χ0n) is 22.7. The number of rotatable bonds is 12. The number of amides is 1. The fourth-order valence-electron chi connectivity index (χ4n) is 4.61. The van der Waals surface area contributed by atoms with E-state index >= 15 is 4.39 Å². The highest BCUT2D eigenvalue weighted by Gasteiger charge is 2.27. The second-order valence-electron chi connectivity index (χ2n) is 10.2. The van der Waals surface area contributed by atoms with E-state index in [1.165, 1.54) is 23.1 Å². The number of carbonyl (C=O) groups excluding carboxylic acids is 2. The zero-order valence-corrected chi connectivity index (χ0v) is 22.7. The third-order valence-corrected chi connectivity index (χ3v) is 6.47. The van der Waals surface area contributed by atoms with Gasteiger partial charge in [0.15, 0.2) is 17.4 Å². The van der Waals surface area contributed by atoms with Crippen LogP contribution < -0.4 is 10.6 Å². The lowest BCUT2D eigenvalue weighted by atomic mass is 9.92. The third kappa shape index (κ3) is 7.57. The van der Waals surface area contributed by atoms with Crippen molar-refractivity contribution < 1.29 is 28.3 Å². The van der Waals surface area contributed by atoms with Gasteiger partial charge in [0, 0.05) is 24.8 Å². The Balaban J connectivity index is 1.88. The number of halogens is 2. The summed E-state index contributed by atoms with van der Waals surface area (Å²) in [5, 5.41) is 19.0. The van der Waals surface area contributed by atoms with E-state index in [1.54, 1.807) is 7.05 Å². The van der Waals surface area contributed by atoms with Crippen molar-refractivity contribution in [2.75, 3.05) is 6.54 Å². The molecule has 0 saturated carbocycles. The monoisotopic (exact) mass is 540 g/mol. The molecule has 0 aliphatic heterocycles. The number of benzene rings is 2. The summed E-state index contributed by atoms with van der Waals surface area (Å²) in [7, 11) is 1.66. The minimum Gasteiger partial charge on any atom is -0.481 e. The van der Waals surface area contributed by atoms with Gasteiger partial charge in [-0.1, -0.05) is 32.0 Å². The molecule has 208 valence electrons. The molecule has 0 radical (unpaired) electrons. The van der Waals surface area contributed by atoms with Crippen LogP contribution in [0.5, 0.6) is 0 Å². The van der Waals surface area contributed by atoms with Gasteiger partial charge >= 0.3 is 5.97 Å². The predicted molar refractivity (Wildman–Crippen MR) is 143 cm³/mol. The number of hydrogen-bond acceptors (Lipinski definition) is 5. The maximum Gasteiger partial charge on any atom is 0.305 e. The van der Waals surface area contributed by atoms with Crippen molar-refractivity contribution >= 4 is 17.7 Å². The standard InChI is InChI=1S/C29H34F2N4O4/c1-16(2)9-24(34-29(39)20-13-33-35(5)15-20)25(36)14-32-23(12-26(37)38)21-10-19(11-22(30)28(21)31)27-17(3)7-6-8-18(27)4/h6-8,10-11,13,15-16,23-24,32H,9,12,14H2,1-5H3,(H,34,39)(H,37,38)/t23-,24-/m0/s1. The average Bonchev–Trinajstić information content (AvgIpc) is 3.29. The van der Waals surface area contributed by atoms with E-state index in [1.807, 2.05) is 45.9 Å². The molecule has 0 unspecified atom stereocenters. The topological polar surface area (TPSA) is 113 Å². The van der Waals surface area contributed by atoms with Crippen molar-refractivity contribution in [1.29, 1.82) is 0 Å². The fraction of sp³-hybridized carbons (Fsp3) is 0.379. The van der Waals surface area contributed by atoms with Crippen molar-refractivity contribution in [3.05, 3.63) is 76.6 Å². The van der Waals surface area contributed by atoms with Gasteiger partial charge < -0.3 is 15.7 Å². The molecule has 39 heavy (non-hydrogen) atoms. The molecule has 1 amide bonds. The van der Waals surface area contributed by atoms with E-state index in [-0.39, 0.29) is 23.6 Å². The summed E-state index contributed by atoms with van der Waals surface area (Å²) in [5.74, 6) is -4.37. The Bertz CT molecular complexity index is 1350. The van der Waals surface area contributed by atoms with Crippen LogP contribution in [0.3, 0.4) is 0 Å². The van der Waals surface area contributed by atoms with Gasteiger partial charge in [0.2, 0.25) is 0 Å². The summed E-state index contributed by atoms with van der Waals surface area (Å²) in [4.78, 5) is 37.5. The number of carboxylic acid groups (broad SMARTS) is 1. The van der Waals surface area contributed by atoms with Gasteiger partial charge in [-0.2, -0.15) is 5.10 Å². The van der Waals surface area contributed by atoms with E-state index in [4.69, 9.17) is 0 Å². The minimum absolute atomic E-state index is 0.0588. The first-order chi connectivity index (χ1) is 18.4. The zero-order chi connectivity index (χ0) is 28.9. The van der Waals surface area contributed by atoms with Crippen LogP contribution in [0.25, 0.3) is 11.1 Å². The molecule has 0 aliphatic carbocycles. The summed E-state index contributed by atoms with van der Waals surface area (Å²) < 4.78 is 31.3. The van der Waals surface area contributed by atoms with E-state index < -0.39 is 47.8 Å². The average molecular weight is 541 g/mol. The third-order valence-electron chi connectivity index (χ3n) is 6.47. The van der Waals surface area contributed by atoms with Crippen LogP contribution in [0, 0.1) is 31.4 Å². The number of aryl methyl sites for hydroxylation is 3. The van der Waals surface area contributed by atoms with Gasteiger partial charge in [-0.15, -0.1) is 0 Å². The molecule has 1 aromatic heterocycles. The van der Waals surface area contributed by atoms with Crippen LogP contribution in [0.1, 0.15) is 59.8 Å². The fourth-order valence-corrected chi connectivity index (χ4v) is 4.61. The highest BCUT2D eigenvalue weighted by molar-refractivity contribution is 5.98. The molecule has 2 atom stereocenters. The summed E-state index contributed by atoms with van der Waals surface area (Å²) in [5.41, 5.74) is 2.93. The van der Waals surface area contributed by atoms with E-state index in [0.29, 0.717) is 12.0 Å². The number of carbonyl (C=O) groups is 3. The van der Waals surface area contributed by atoms with Gasteiger partial charge in [-0.25, -0.2) is 8.78 Å². The van der Waals surface area contributed by atoms with Gasteiger partial charge in [0.1, 0.15) is 0 Å². The van der Waals surface area contributed by atoms with Gasteiger partial charge in [0.25, 0.3) is 5.91 Å². The molecule has 3 aromatic rings. The Morgan fingerprint density at radius 2 is 1.77 bits per heavy atom. The smallest absolute Gasteiger partial charge is 0.305 e. The molecule has 3 N–H and O–H groups in total. The molecule has 0 fully saturated rings. The van der Waals surface area contributed by atoms with E-state index in [9.17, 15) is 23.9 Å². The number of nitrogens with zero attached hydrogens (tertiary/aromatic N) is 2. The summed E-state index contributed by atoms with van der Waals surface area (Å²) in [6.07, 6.45) is 2.65. The first-order valence-electron chi connectivity index (χ1n) is 12.7. The Morgan fingerprint density at radius 3 is 2.33 bits per heavy atom. The molecular weight excluding hydrogens is 506 g/mol. The molecule has 0 aliphatic rings. The minimum atomic E-state index is -1.25. The SMILES string of the molecule is Cc1cccc(C)c1-c1cc(F)c(F)c([C@H](CC(=O)O)NCC(=O)[C@H](CC(C)C)NC(=O)c2cnn(C)c2)c1. The highest BCUT2D eigenvalue weighted by Crippen LogP contribution is 2.33. The molecule has 0 saturated heterocycles. The first kappa shape index (κ1) is 29.6. The summed E-state index contributed by atoms with van der Waals surface area (Å²) in [6, 6.07) is 6.00. The highest BCUT2D eigenvalue weighted by atomic mass is 19.2. The lowest BCUT2D eigenvalue weighted by Crippen LogP contribution is -2.46. The van der Waals surface area contributed by atoms with Crippen molar-refractivity contribution in [2.45, 2.75) is 52.6 Å². The number of aromatic nitrogens is 2. The van der Waals surface area contributed by atoms with Crippen LogP contribution in [0.4, 0.5) is 8.78 Å². The number of Topliss-reactive ketones (excluding diaryl/α,β-unsaturated/α-hetero) is 1. The van der Waals surface area contributed by atoms with Gasteiger partial charge in [0.05, 0.1) is 30.8 Å². The number of carboxylic acids is 1. The molecule has 1 heterocycles. The Morgan fingerprint density at radius 1 is 1.10 bits per heavy atom. The van der Waals surface area contributed by atoms with E-state index in [0.717, 1.165) is 22.8 Å². The second-order valence-corrected chi connectivity index (χ2v) is 10.2. The number of ketones is 1. The van der Waals surface area contributed by atoms with E-state index in [2.05, 4.69) is 15.7 Å². The Hall–Kier alpha value is -3.92. The predicted octanol–water partition coefficient (Wildman–Crippen LogP) is 4.50. The van der Waals surface area contributed by atoms with Gasteiger partial charge in [-0.05, 0) is 60.6 Å². The molecule has 10 heteroatoms. The normalized spacial score (nSPS) is 12.8. The Kier molecular flexibility index (Phi) is 9.69. The van der Waals surface area contributed by atoms with Crippen LogP contribution >= 0.6 is 0 Å². The quantitative estimate of drug-likeness (QED) is 0.312. The number of aliphatic carboxylic acids is 1. The van der Waals surface area contributed by atoms with Crippen LogP contribution in [0.2, 0.25) is 0 Å². The van der Waals surface area contributed by atoms with Crippen molar-refractivity contribution in [1.82, 2.24) is 20.4 Å². The van der Waals surface area contributed by atoms with Crippen LogP contribution in [0.15, 0.2) is 42.7 Å². The summed E-state index contributed by atoms with van der Waals surface area (Å²) in [6.45, 7) is 7.13. The lowest BCUT2D eigenvalue weighted by molar-refractivity contribution is -0.137. The summed E-state index contributed by atoms with van der Waals surface area (Å²) >= 11 is 0. The molecule has 0 spiro atoms. The van der Waals surface area contributed by atoms with Crippen molar-refractivity contribution in [2.24, 2.45) is 13.0 Å². The second kappa shape index (κ2) is 12.8. The van der Waals surface area contributed by atoms with Crippen molar-refractivity contribution in [3.63, 3.8) is 0 Å². The number of nitrogens with one attached hydrogen (secondary N) is 2. The van der Waals surface area contributed by atoms with Crippen LogP contribution in [-0.2, 0) is 16.6 Å². The largest absolute Gasteiger partial charge is 0.481 e. The first-order valence-corrected chi connectivity index (χ1v) is 12.7. The van der Waals surface area contributed by atoms with Crippen molar-refractivity contribution in [3.8, 4) is 11.1 Å². The molecule has 0 bridgehead atoms. The lowest BCUT2D eigenvalue weighted by Gasteiger charge is -2.23.